The van der Waals surface area contributed by atoms with Crippen molar-refractivity contribution in [3.8, 4) is 0 Å². The maximum Gasteiger partial charge on any atom is 0.276 e. The van der Waals surface area contributed by atoms with Gasteiger partial charge in [-0.1, -0.05) is 47.7 Å². The summed E-state index contributed by atoms with van der Waals surface area (Å²) < 4.78 is 43.1. The van der Waals surface area contributed by atoms with Crippen LogP contribution in [0.5, 0.6) is 0 Å². The van der Waals surface area contributed by atoms with E-state index in [9.17, 15) is 19.0 Å². The molecule has 0 aromatic heterocycles. The molecule has 5 fully saturated rings. The zero-order valence-corrected chi connectivity index (χ0v) is 23.7. The lowest BCUT2D eigenvalue weighted by Gasteiger charge is -2.50. The summed E-state index contributed by atoms with van der Waals surface area (Å²) in [7, 11) is 1.54. The summed E-state index contributed by atoms with van der Waals surface area (Å²) in [5.41, 5.74) is 2.48. The van der Waals surface area contributed by atoms with Crippen molar-refractivity contribution in [3.63, 3.8) is 0 Å². The molecule has 2 aliphatic carbocycles. The number of piperidine rings is 2. The molecule has 6 nitrogen and oxygen atoms in total. The molecule has 3 saturated heterocycles. The molecule has 0 bridgehead atoms. The predicted octanol–water partition coefficient (Wildman–Crippen LogP) is 3.57. The Morgan fingerprint density at radius 1 is 1.05 bits per heavy atom. The van der Waals surface area contributed by atoms with Crippen LogP contribution in [0.4, 0.5) is 13.2 Å². The van der Waals surface area contributed by atoms with E-state index < -0.39 is 30.1 Å². The molecular weight excluding hydrogens is 512 g/mol. The number of hydrogen-bond donors (Lipinski definition) is 4. The van der Waals surface area contributed by atoms with Gasteiger partial charge in [0.2, 0.25) is 0 Å². The maximum absolute atomic E-state index is 15.4. The van der Waals surface area contributed by atoms with E-state index in [1.165, 1.54) is 0 Å². The minimum absolute atomic E-state index is 0.103. The lowest BCUT2D eigenvalue weighted by Crippen LogP contribution is -2.61. The molecule has 0 spiro atoms. The number of likely N-dealkylation sites (tertiary alicyclic amines) is 1. The standard InChI is InChI=1S/C28H46F3N4O2P/c1-4-15(2)18-9-10-22(26(37)25(18)29)35-21-11-12-34(20-8-6-5-7-19(33-35)24(20)21)16(3)17-13-23(36)27(32-14-17)28(30,31)38/h17-27,32-33,36-37H,2-14,38H2,1H3. The molecule has 4 N–H and O–H groups in total. The quantitative estimate of drug-likeness (QED) is 0.295. The molecule has 0 amide bonds. The van der Waals surface area contributed by atoms with E-state index in [1.54, 1.807) is 9.24 Å². The molecule has 12 atom stereocenters. The number of hydrazine groups is 1. The average Bonchev–Trinajstić information content (AvgIpc) is 3.11. The van der Waals surface area contributed by atoms with Crippen LogP contribution in [0.1, 0.15) is 64.7 Å². The molecule has 0 aromatic carbocycles. The molecular formula is C28H46F3N4O2P. The van der Waals surface area contributed by atoms with Gasteiger partial charge < -0.3 is 20.4 Å². The van der Waals surface area contributed by atoms with Crippen molar-refractivity contribution in [2.24, 2.45) is 17.8 Å². The van der Waals surface area contributed by atoms with Crippen LogP contribution in [-0.4, -0.2) is 87.5 Å². The van der Waals surface area contributed by atoms with Gasteiger partial charge in [0.05, 0.1) is 12.1 Å². The zero-order chi connectivity index (χ0) is 27.4. The molecule has 3 heterocycles. The Labute approximate surface area is 227 Å². The van der Waals surface area contributed by atoms with E-state index in [-0.39, 0.29) is 42.4 Å². The van der Waals surface area contributed by atoms with Gasteiger partial charge in [-0.2, -0.15) is 0 Å². The van der Waals surface area contributed by atoms with Crippen molar-refractivity contribution in [2.45, 2.75) is 119 Å². The summed E-state index contributed by atoms with van der Waals surface area (Å²) in [6.45, 7) is 11.6. The largest absolute Gasteiger partial charge is 0.391 e. The van der Waals surface area contributed by atoms with Crippen molar-refractivity contribution in [2.75, 3.05) is 13.1 Å². The predicted molar refractivity (Wildman–Crippen MR) is 146 cm³/mol. The number of aliphatic hydroxyl groups is 2. The smallest absolute Gasteiger partial charge is 0.276 e. The summed E-state index contributed by atoms with van der Waals surface area (Å²) in [6, 6.07) is -0.820. The third-order valence-electron chi connectivity index (χ3n) is 10.3. The maximum atomic E-state index is 15.4. The molecule has 38 heavy (non-hydrogen) atoms. The van der Waals surface area contributed by atoms with Gasteiger partial charge in [-0.15, -0.1) is 0 Å². The molecule has 2 saturated carbocycles. The Morgan fingerprint density at radius 2 is 1.79 bits per heavy atom. The number of allylic oxidation sites excluding steroid dienone is 1. The van der Waals surface area contributed by atoms with E-state index in [4.69, 9.17) is 0 Å². The summed E-state index contributed by atoms with van der Waals surface area (Å²) in [5, 5.41) is 26.7. The highest BCUT2D eigenvalue weighted by molar-refractivity contribution is 7.18. The first kappa shape index (κ1) is 28.8. The Morgan fingerprint density at radius 3 is 2.47 bits per heavy atom. The normalized spacial score (nSPS) is 44.4. The topological polar surface area (TPSA) is 71.0 Å². The van der Waals surface area contributed by atoms with E-state index >= 15 is 4.39 Å². The second-order valence-corrected chi connectivity index (χ2v) is 13.1. The van der Waals surface area contributed by atoms with Gasteiger partial charge in [0.1, 0.15) is 18.3 Å². The van der Waals surface area contributed by atoms with Crippen LogP contribution in [0.25, 0.3) is 0 Å². The van der Waals surface area contributed by atoms with Gasteiger partial charge in [0.25, 0.3) is 5.66 Å². The fraction of sp³-hybridized carbons (Fsp3) is 0.857. The van der Waals surface area contributed by atoms with E-state index in [0.717, 1.165) is 62.8 Å². The summed E-state index contributed by atoms with van der Waals surface area (Å²) in [6.07, 6.45) is 4.10. The van der Waals surface area contributed by atoms with Crippen molar-refractivity contribution < 1.29 is 23.4 Å². The fourth-order valence-electron chi connectivity index (χ4n) is 8.27. The molecule has 5 rings (SSSR count). The van der Waals surface area contributed by atoms with E-state index in [2.05, 4.69) is 33.8 Å². The van der Waals surface area contributed by atoms with Gasteiger partial charge in [-0.25, -0.2) is 18.2 Å². The summed E-state index contributed by atoms with van der Waals surface area (Å²) in [4.78, 5) is 2.39. The van der Waals surface area contributed by atoms with Crippen LogP contribution < -0.4 is 10.7 Å². The molecule has 0 aromatic rings. The van der Waals surface area contributed by atoms with Gasteiger partial charge in [-0.05, 0) is 44.9 Å². The lowest BCUT2D eigenvalue weighted by atomic mass is 9.75. The first-order chi connectivity index (χ1) is 18.0. The van der Waals surface area contributed by atoms with Gasteiger partial charge in [-0.3, -0.25) is 5.43 Å². The minimum Gasteiger partial charge on any atom is -0.391 e. The van der Waals surface area contributed by atoms with Crippen LogP contribution in [0.2, 0.25) is 0 Å². The van der Waals surface area contributed by atoms with Crippen molar-refractivity contribution in [3.05, 3.63) is 24.4 Å². The third-order valence-corrected chi connectivity index (χ3v) is 10.7. The number of hydrogen-bond acceptors (Lipinski definition) is 6. The highest BCUT2D eigenvalue weighted by Crippen LogP contribution is 2.46. The minimum atomic E-state index is -3.07. The Kier molecular flexibility index (Phi) is 8.56. The molecule has 216 valence electrons. The molecule has 10 heteroatoms. The highest BCUT2D eigenvalue weighted by Gasteiger charge is 2.55. The number of nitrogens with zero attached hydrogens (tertiary/aromatic N) is 2. The lowest BCUT2D eigenvalue weighted by molar-refractivity contribution is -0.0781. The molecule has 5 aliphatic rings. The second kappa shape index (κ2) is 11.3. The monoisotopic (exact) mass is 558 g/mol. The zero-order valence-electron chi connectivity index (χ0n) is 22.5. The van der Waals surface area contributed by atoms with Crippen LogP contribution >= 0.6 is 9.24 Å². The number of alkyl halides is 3. The van der Waals surface area contributed by atoms with Crippen LogP contribution in [0, 0.1) is 17.8 Å². The molecule has 12 unspecified atom stereocenters. The SMILES string of the molecule is C=C(CC)C1CCC(N2NC3CCCCC4C3C2CCN4C(=C)C2CNC(C(F)(F)P)C(O)C2)C(O)C1F. The van der Waals surface area contributed by atoms with Gasteiger partial charge in [0.15, 0.2) is 0 Å². The van der Waals surface area contributed by atoms with Crippen LogP contribution in [-0.2, 0) is 0 Å². The summed E-state index contributed by atoms with van der Waals surface area (Å²) in [5.74, 6) is -0.0573. The first-order valence-electron chi connectivity index (χ1n) is 14.6. The Hall–Kier alpha value is -0.700. The van der Waals surface area contributed by atoms with Crippen LogP contribution in [0.3, 0.4) is 0 Å². The molecule has 3 aliphatic heterocycles. The number of aliphatic hydroxyl groups excluding tert-OH is 2. The fourth-order valence-corrected chi connectivity index (χ4v) is 8.61. The van der Waals surface area contributed by atoms with E-state index in [0.29, 0.717) is 18.9 Å². The number of rotatable bonds is 6. The van der Waals surface area contributed by atoms with Crippen LogP contribution in [0.15, 0.2) is 24.4 Å². The van der Waals surface area contributed by atoms with Crippen molar-refractivity contribution >= 4 is 9.24 Å². The summed E-state index contributed by atoms with van der Waals surface area (Å²) >= 11 is 0. The van der Waals surface area contributed by atoms with E-state index in [1.807, 2.05) is 6.92 Å². The van der Waals surface area contributed by atoms with Crippen molar-refractivity contribution in [1.29, 1.82) is 0 Å². The first-order valence-corrected chi connectivity index (χ1v) is 15.2. The number of halogens is 3. The van der Waals surface area contributed by atoms with Gasteiger partial charge >= 0.3 is 0 Å². The Balaban J connectivity index is 1.30. The highest BCUT2D eigenvalue weighted by atomic mass is 31.0. The van der Waals surface area contributed by atoms with Gasteiger partial charge in [0, 0.05) is 54.7 Å². The average molecular weight is 559 g/mol. The Bertz CT molecular complexity index is 891. The second-order valence-electron chi connectivity index (χ2n) is 12.4. The third kappa shape index (κ3) is 5.21. The number of nitrogens with one attached hydrogen (secondary N) is 2. The molecule has 0 radical (unpaired) electrons. The van der Waals surface area contributed by atoms with Crippen molar-refractivity contribution in [1.82, 2.24) is 20.7 Å².